The molecule has 1 N–H and O–H groups in total. The summed E-state index contributed by atoms with van der Waals surface area (Å²) in [5, 5.41) is 3.12. The standard InChI is InChI=1S/C15H24N2O2/c1-3-14(18)17-8-6-13(7-9-17)15(19)16-11(2)10-12-4-5-12/h3,11-13H,1,4-10H2,2H3,(H,16,19). The lowest BCUT2D eigenvalue weighted by Gasteiger charge is -2.31. The molecule has 1 heterocycles. The zero-order chi connectivity index (χ0) is 13.8. The van der Waals surface area contributed by atoms with Gasteiger partial charge in [0.1, 0.15) is 0 Å². The zero-order valence-corrected chi connectivity index (χ0v) is 11.7. The Hall–Kier alpha value is -1.32. The Labute approximate surface area is 115 Å². The fourth-order valence-corrected chi connectivity index (χ4v) is 2.76. The molecule has 0 aromatic rings. The maximum atomic E-state index is 12.1. The quantitative estimate of drug-likeness (QED) is 0.769. The van der Waals surface area contributed by atoms with Crippen molar-refractivity contribution >= 4 is 11.8 Å². The van der Waals surface area contributed by atoms with Crippen molar-refractivity contribution in [2.24, 2.45) is 11.8 Å². The fraction of sp³-hybridized carbons (Fsp3) is 0.733. The van der Waals surface area contributed by atoms with Gasteiger partial charge in [0.05, 0.1) is 0 Å². The SMILES string of the molecule is C=CC(=O)N1CCC(C(=O)NC(C)CC2CC2)CC1. The predicted octanol–water partition coefficient (Wildman–Crippen LogP) is 1.72. The van der Waals surface area contributed by atoms with E-state index in [1.165, 1.54) is 18.9 Å². The summed E-state index contributed by atoms with van der Waals surface area (Å²) in [6.07, 6.45) is 6.63. The summed E-state index contributed by atoms with van der Waals surface area (Å²) in [6, 6.07) is 0.285. The van der Waals surface area contributed by atoms with Crippen molar-refractivity contribution in [3.05, 3.63) is 12.7 Å². The van der Waals surface area contributed by atoms with Crippen molar-refractivity contribution in [2.75, 3.05) is 13.1 Å². The van der Waals surface area contributed by atoms with Crippen LogP contribution in [0, 0.1) is 11.8 Å². The molecule has 19 heavy (non-hydrogen) atoms. The Bertz CT molecular complexity index is 355. The highest BCUT2D eigenvalue weighted by Crippen LogP contribution is 2.33. The molecular formula is C15H24N2O2. The van der Waals surface area contributed by atoms with E-state index in [2.05, 4.69) is 18.8 Å². The van der Waals surface area contributed by atoms with E-state index in [-0.39, 0.29) is 23.8 Å². The van der Waals surface area contributed by atoms with Crippen molar-refractivity contribution in [1.82, 2.24) is 10.2 Å². The largest absolute Gasteiger partial charge is 0.353 e. The number of amides is 2. The molecule has 1 aliphatic carbocycles. The van der Waals surface area contributed by atoms with Crippen LogP contribution in [0.1, 0.15) is 39.0 Å². The number of carbonyl (C=O) groups is 2. The molecule has 4 nitrogen and oxygen atoms in total. The summed E-state index contributed by atoms with van der Waals surface area (Å²) in [6.45, 7) is 6.92. The maximum Gasteiger partial charge on any atom is 0.245 e. The van der Waals surface area contributed by atoms with E-state index in [1.807, 2.05) is 0 Å². The van der Waals surface area contributed by atoms with Gasteiger partial charge < -0.3 is 10.2 Å². The molecule has 2 amide bonds. The molecule has 0 spiro atoms. The van der Waals surface area contributed by atoms with Crippen LogP contribution in [0.4, 0.5) is 0 Å². The Morgan fingerprint density at radius 3 is 2.47 bits per heavy atom. The molecule has 4 heteroatoms. The zero-order valence-electron chi connectivity index (χ0n) is 11.7. The number of nitrogens with zero attached hydrogens (tertiary/aromatic N) is 1. The van der Waals surface area contributed by atoms with E-state index in [0.29, 0.717) is 13.1 Å². The van der Waals surface area contributed by atoms with Gasteiger partial charge in [-0.1, -0.05) is 19.4 Å². The summed E-state index contributed by atoms with van der Waals surface area (Å²) >= 11 is 0. The molecule has 0 bridgehead atoms. The lowest BCUT2D eigenvalue weighted by molar-refractivity contribution is -0.132. The van der Waals surface area contributed by atoms with Crippen molar-refractivity contribution < 1.29 is 9.59 Å². The molecule has 0 radical (unpaired) electrons. The van der Waals surface area contributed by atoms with E-state index in [9.17, 15) is 9.59 Å². The van der Waals surface area contributed by atoms with Crippen molar-refractivity contribution in [2.45, 2.75) is 45.1 Å². The van der Waals surface area contributed by atoms with Gasteiger partial charge in [-0.15, -0.1) is 0 Å². The Morgan fingerprint density at radius 1 is 1.32 bits per heavy atom. The number of likely N-dealkylation sites (tertiary alicyclic amines) is 1. The van der Waals surface area contributed by atoms with Gasteiger partial charge in [0.15, 0.2) is 0 Å². The lowest BCUT2D eigenvalue weighted by Crippen LogP contribution is -2.44. The Kier molecular flexibility index (Phi) is 4.61. The second-order valence-corrected chi connectivity index (χ2v) is 5.89. The van der Waals surface area contributed by atoms with Crippen LogP contribution < -0.4 is 5.32 Å². The average molecular weight is 264 g/mol. The van der Waals surface area contributed by atoms with E-state index in [0.717, 1.165) is 25.2 Å². The van der Waals surface area contributed by atoms with E-state index < -0.39 is 0 Å². The van der Waals surface area contributed by atoms with Crippen LogP contribution in [0.2, 0.25) is 0 Å². The van der Waals surface area contributed by atoms with Gasteiger partial charge in [0.25, 0.3) is 0 Å². The minimum atomic E-state index is -0.0269. The highest BCUT2D eigenvalue weighted by atomic mass is 16.2. The maximum absolute atomic E-state index is 12.1. The van der Waals surface area contributed by atoms with Crippen LogP contribution in [0.25, 0.3) is 0 Å². The van der Waals surface area contributed by atoms with Crippen LogP contribution >= 0.6 is 0 Å². The number of carbonyl (C=O) groups excluding carboxylic acids is 2. The number of hydrogen-bond donors (Lipinski definition) is 1. The van der Waals surface area contributed by atoms with Gasteiger partial charge in [-0.05, 0) is 38.2 Å². The summed E-state index contributed by atoms with van der Waals surface area (Å²) in [5.74, 6) is 1.04. The van der Waals surface area contributed by atoms with Gasteiger partial charge in [-0.25, -0.2) is 0 Å². The van der Waals surface area contributed by atoms with Crippen molar-refractivity contribution in [1.29, 1.82) is 0 Å². The number of piperidine rings is 1. The first kappa shape index (κ1) is 14.1. The number of nitrogens with one attached hydrogen (secondary N) is 1. The third-order valence-electron chi connectivity index (χ3n) is 4.12. The van der Waals surface area contributed by atoms with Crippen LogP contribution in [-0.4, -0.2) is 35.8 Å². The monoisotopic (exact) mass is 264 g/mol. The summed E-state index contributed by atoms with van der Waals surface area (Å²) in [4.78, 5) is 25.3. The van der Waals surface area contributed by atoms with E-state index >= 15 is 0 Å². The van der Waals surface area contributed by atoms with Gasteiger partial charge in [-0.2, -0.15) is 0 Å². The number of rotatable bonds is 5. The fourth-order valence-electron chi connectivity index (χ4n) is 2.76. The molecule has 1 atom stereocenters. The molecule has 1 saturated heterocycles. The van der Waals surface area contributed by atoms with Crippen LogP contribution in [0.5, 0.6) is 0 Å². The second kappa shape index (κ2) is 6.22. The van der Waals surface area contributed by atoms with Gasteiger partial charge in [-0.3, -0.25) is 9.59 Å². The second-order valence-electron chi connectivity index (χ2n) is 5.89. The molecule has 2 rings (SSSR count). The first-order chi connectivity index (χ1) is 9.10. The molecular weight excluding hydrogens is 240 g/mol. The molecule has 1 aliphatic heterocycles. The molecule has 0 aromatic carbocycles. The topological polar surface area (TPSA) is 49.4 Å². The lowest BCUT2D eigenvalue weighted by atomic mass is 9.95. The minimum Gasteiger partial charge on any atom is -0.353 e. The minimum absolute atomic E-state index is 0.0269. The van der Waals surface area contributed by atoms with Gasteiger partial charge >= 0.3 is 0 Å². The molecule has 2 fully saturated rings. The third kappa shape index (κ3) is 4.08. The summed E-state index contributed by atoms with van der Waals surface area (Å²) in [5.41, 5.74) is 0. The normalized spacial score (nSPS) is 21.8. The molecule has 0 aromatic heterocycles. The Balaban J connectivity index is 1.72. The van der Waals surface area contributed by atoms with Crippen LogP contribution in [0.15, 0.2) is 12.7 Å². The third-order valence-corrected chi connectivity index (χ3v) is 4.12. The van der Waals surface area contributed by atoms with Crippen LogP contribution in [0.3, 0.4) is 0 Å². The average Bonchev–Trinajstić information content (AvgIpc) is 3.21. The molecule has 1 saturated carbocycles. The van der Waals surface area contributed by atoms with Gasteiger partial charge in [0.2, 0.25) is 11.8 Å². The Morgan fingerprint density at radius 2 is 1.95 bits per heavy atom. The summed E-state index contributed by atoms with van der Waals surface area (Å²) < 4.78 is 0. The molecule has 1 unspecified atom stereocenters. The van der Waals surface area contributed by atoms with E-state index in [1.54, 1.807) is 4.90 Å². The predicted molar refractivity (Wildman–Crippen MR) is 74.4 cm³/mol. The summed E-state index contributed by atoms with van der Waals surface area (Å²) in [7, 11) is 0. The van der Waals surface area contributed by atoms with E-state index in [4.69, 9.17) is 0 Å². The highest BCUT2D eigenvalue weighted by Gasteiger charge is 2.29. The number of hydrogen-bond acceptors (Lipinski definition) is 2. The first-order valence-electron chi connectivity index (χ1n) is 7.32. The molecule has 2 aliphatic rings. The highest BCUT2D eigenvalue weighted by molar-refractivity contribution is 5.87. The van der Waals surface area contributed by atoms with Gasteiger partial charge in [0, 0.05) is 25.0 Å². The van der Waals surface area contributed by atoms with Crippen LogP contribution in [-0.2, 0) is 9.59 Å². The smallest absolute Gasteiger partial charge is 0.245 e. The molecule has 106 valence electrons. The first-order valence-corrected chi connectivity index (χ1v) is 7.32. The van der Waals surface area contributed by atoms with Crippen molar-refractivity contribution in [3.8, 4) is 0 Å². The van der Waals surface area contributed by atoms with Crippen molar-refractivity contribution in [3.63, 3.8) is 0 Å².